The minimum atomic E-state index is -0.130. The average Bonchev–Trinajstić information content (AvgIpc) is 2.35. The number of thiocarbonyl (C=S) groups is 1. The molecule has 0 saturated heterocycles. The maximum absolute atomic E-state index is 9.67. The number of aliphatic hydroxyl groups excluding tert-OH is 1. The molecule has 0 amide bonds. The van der Waals surface area contributed by atoms with E-state index in [1.54, 1.807) is 18.2 Å². The number of nitrogens with one attached hydrogen (secondary N) is 1. The minimum absolute atomic E-state index is 0.000900. The highest BCUT2D eigenvalue weighted by atomic mass is 35.5. The van der Waals surface area contributed by atoms with Crippen LogP contribution in [0.1, 0.15) is 6.42 Å². The lowest BCUT2D eigenvalue weighted by molar-refractivity contribution is 0.399. The van der Waals surface area contributed by atoms with Crippen molar-refractivity contribution in [1.82, 2.24) is 0 Å². The molecule has 6 heteroatoms. The van der Waals surface area contributed by atoms with Gasteiger partial charge in [-0.15, -0.1) is 6.58 Å². The van der Waals surface area contributed by atoms with Gasteiger partial charge in [-0.05, 0) is 18.2 Å². The van der Waals surface area contributed by atoms with E-state index >= 15 is 0 Å². The monoisotopic (exact) mass is 312 g/mol. The van der Waals surface area contributed by atoms with Gasteiger partial charge in [-0.3, -0.25) is 0 Å². The van der Waals surface area contributed by atoms with Crippen LogP contribution in [0.25, 0.3) is 0 Å². The van der Waals surface area contributed by atoms with Gasteiger partial charge in [-0.25, -0.2) is 0 Å². The topological polar surface area (TPSA) is 56.0 Å². The summed E-state index contributed by atoms with van der Waals surface area (Å²) in [5, 5.41) is 22.3. The third kappa shape index (κ3) is 4.25. The van der Waals surface area contributed by atoms with Gasteiger partial charge < -0.3 is 10.4 Å². The minimum Gasteiger partial charge on any atom is -0.510 e. The number of benzene rings is 1. The van der Waals surface area contributed by atoms with E-state index in [2.05, 4.69) is 11.9 Å². The van der Waals surface area contributed by atoms with Crippen molar-refractivity contribution in [2.24, 2.45) is 0 Å². The van der Waals surface area contributed by atoms with Crippen LogP contribution in [0.3, 0.4) is 0 Å². The summed E-state index contributed by atoms with van der Waals surface area (Å²) >= 11 is 16.7. The number of rotatable bonds is 4. The van der Waals surface area contributed by atoms with E-state index in [-0.39, 0.29) is 22.7 Å². The Morgan fingerprint density at radius 3 is 2.68 bits per heavy atom. The van der Waals surface area contributed by atoms with Crippen molar-refractivity contribution >= 4 is 46.1 Å². The molecule has 0 radical (unpaired) electrons. The molecule has 2 N–H and O–H groups in total. The van der Waals surface area contributed by atoms with Crippen LogP contribution in [-0.2, 0) is 0 Å². The van der Waals surface area contributed by atoms with E-state index in [9.17, 15) is 5.11 Å². The summed E-state index contributed by atoms with van der Waals surface area (Å²) in [5.41, 5.74) is 0.583. The zero-order chi connectivity index (χ0) is 14.4. The molecule has 0 fully saturated rings. The Bertz CT molecular complexity index is 591. The van der Waals surface area contributed by atoms with Crippen LogP contribution in [0.2, 0.25) is 10.0 Å². The van der Waals surface area contributed by atoms with Crippen molar-refractivity contribution in [1.29, 1.82) is 5.26 Å². The molecule has 98 valence electrons. The number of aliphatic hydroxyl groups is 1. The summed E-state index contributed by atoms with van der Waals surface area (Å²) in [6.07, 6.45) is 1.65. The smallest absolute Gasteiger partial charge is 0.125 e. The lowest BCUT2D eigenvalue weighted by Gasteiger charge is -2.09. The molecule has 0 heterocycles. The van der Waals surface area contributed by atoms with Crippen molar-refractivity contribution in [2.45, 2.75) is 6.42 Å². The second-order valence-electron chi connectivity index (χ2n) is 3.51. The summed E-state index contributed by atoms with van der Waals surface area (Å²) in [4.78, 5) is 0.111. The molecule has 0 unspecified atom stereocenters. The molecule has 0 atom stereocenters. The van der Waals surface area contributed by atoms with Crippen LogP contribution in [0.5, 0.6) is 0 Å². The van der Waals surface area contributed by atoms with Gasteiger partial charge in [-0.2, -0.15) is 5.26 Å². The van der Waals surface area contributed by atoms with Crippen LogP contribution in [0.4, 0.5) is 5.69 Å². The molecular formula is C13H10Cl2N2OS. The Labute approximate surface area is 126 Å². The van der Waals surface area contributed by atoms with Crippen molar-refractivity contribution in [2.75, 3.05) is 5.32 Å². The first-order valence-corrected chi connectivity index (χ1v) is 6.35. The summed E-state index contributed by atoms with van der Waals surface area (Å²) < 4.78 is 0. The van der Waals surface area contributed by atoms with Gasteiger partial charge in [-0.1, -0.05) is 41.5 Å². The molecule has 0 aliphatic carbocycles. The number of nitrogens with zero attached hydrogens (tertiary/aromatic N) is 1. The lowest BCUT2D eigenvalue weighted by atomic mass is 10.2. The number of halogens is 2. The standard InChI is InChI=1S/C13H10Cl2N2OS/c1-2-3-12(18)9(7-16)13(19)17-8-4-5-10(14)11(15)6-8/h2,4-6,18H,1,3H2,(H,17,19)/b12-9-. The van der Waals surface area contributed by atoms with Crippen LogP contribution < -0.4 is 5.32 Å². The Balaban J connectivity index is 2.95. The first-order valence-electron chi connectivity index (χ1n) is 5.19. The largest absolute Gasteiger partial charge is 0.510 e. The number of anilines is 1. The SMILES string of the molecule is C=CC/C(O)=C(\C#N)C(=S)Nc1ccc(Cl)c(Cl)c1. The molecule has 3 nitrogen and oxygen atoms in total. The van der Waals surface area contributed by atoms with Crippen LogP contribution in [-0.4, -0.2) is 10.1 Å². The van der Waals surface area contributed by atoms with E-state index < -0.39 is 0 Å². The molecule has 19 heavy (non-hydrogen) atoms. The Hall–Kier alpha value is -1.54. The summed E-state index contributed by atoms with van der Waals surface area (Å²) in [6.45, 7) is 3.48. The zero-order valence-corrected chi connectivity index (χ0v) is 12.1. The fourth-order valence-corrected chi connectivity index (χ4v) is 1.83. The number of nitriles is 1. The maximum atomic E-state index is 9.67. The fourth-order valence-electron chi connectivity index (χ4n) is 1.25. The first-order chi connectivity index (χ1) is 8.99. The molecular weight excluding hydrogens is 303 g/mol. The third-order valence-electron chi connectivity index (χ3n) is 2.14. The van der Waals surface area contributed by atoms with Gasteiger partial charge in [0.1, 0.15) is 22.4 Å². The summed E-state index contributed by atoms with van der Waals surface area (Å²) in [7, 11) is 0. The van der Waals surface area contributed by atoms with E-state index in [0.29, 0.717) is 15.7 Å². The third-order valence-corrected chi connectivity index (χ3v) is 3.19. The second-order valence-corrected chi connectivity index (χ2v) is 4.73. The highest BCUT2D eigenvalue weighted by molar-refractivity contribution is 7.81. The van der Waals surface area contributed by atoms with Crippen molar-refractivity contribution in [3.8, 4) is 6.07 Å². The molecule has 1 aromatic rings. The zero-order valence-electron chi connectivity index (χ0n) is 9.78. The number of allylic oxidation sites excluding steroid dienone is 1. The summed E-state index contributed by atoms with van der Waals surface area (Å²) in [5.74, 6) is -0.130. The van der Waals surface area contributed by atoms with Gasteiger partial charge in [0.25, 0.3) is 0 Å². The Morgan fingerprint density at radius 2 is 2.16 bits per heavy atom. The molecule has 0 bridgehead atoms. The van der Waals surface area contributed by atoms with E-state index in [1.165, 1.54) is 6.08 Å². The van der Waals surface area contributed by atoms with Crippen LogP contribution in [0.15, 0.2) is 42.2 Å². The van der Waals surface area contributed by atoms with Crippen LogP contribution in [0, 0.1) is 11.3 Å². The number of hydrogen-bond donors (Lipinski definition) is 2. The predicted octanol–water partition coefficient (Wildman–Crippen LogP) is 4.64. The lowest BCUT2D eigenvalue weighted by Crippen LogP contribution is -2.13. The first kappa shape index (κ1) is 15.5. The molecule has 1 aromatic carbocycles. The molecule has 0 aromatic heterocycles. The van der Waals surface area contributed by atoms with Crippen molar-refractivity contribution < 1.29 is 5.11 Å². The summed E-state index contributed by atoms with van der Waals surface area (Å²) in [6, 6.07) is 6.70. The molecule has 0 aliphatic heterocycles. The quantitative estimate of drug-likeness (QED) is 0.279. The second kappa shape index (κ2) is 7.15. The Kier molecular flexibility index (Phi) is 5.84. The van der Waals surface area contributed by atoms with Crippen LogP contribution >= 0.6 is 35.4 Å². The average molecular weight is 313 g/mol. The molecule has 0 spiro atoms. The molecule has 0 saturated carbocycles. The van der Waals surface area contributed by atoms with E-state index in [1.807, 2.05) is 6.07 Å². The van der Waals surface area contributed by atoms with Gasteiger partial charge in [0.2, 0.25) is 0 Å². The van der Waals surface area contributed by atoms with E-state index in [0.717, 1.165) is 0 Å². The molecule has 0 aliphatic rings. The normalized spacial score (nSPS) is 11.2. The van der Waals surface area contributed by atoms with Gasteiger partial charge in [0, 0.05) is 12.1 Å². The number of hydrogen-bond acceptors (Lipinski definition) is 3. The Morgan fingerprint density at radius 1 is 1.47 bits per heavy atom. The van der Waals surface area contributed by atoms with Gasteiger partial charge >= 0.3 is 0 Å². The van der Waals surface area contributed by atoms with Crippen molar-refractivity contribution in [3.63, 3.8) is 0 Å². The van der Waals surface area contributed by atoms with Gasteiger partial charge in [0.05, 0.1) is 10.0 Å². The van der Waals surface area contributed by atoms with E-state index in [4.69, 9.17) is 40.7 Å². The maximum Gasteiger partial charge on any atom is 0.125 e. The molecule has 1 rings (SSSR count). The fraction of sp³-hybridized carbons (Fsp3) is 0.0769. The van der Waals surface area contributed by atoms with Gasteiger partial charge in [0.15, 0.2) is 0 Å². The predicted molar refractivity (Wildman–Crippen MR) is 82.8 cm³/mol. The highest BCUT2D eigenvalue weighted by Crippen LogP contribution is 2.25. The van der Waals surface area contributed by atoms with Crippen molar-refractivity contribution in [3.05, 3.63) is 52.2 Å². The highest BCUT2D eigenvalue weighted by Gasteiger charge is 2.11.